The predicted octanol–water partition coefficient (Wildman–Crippen LogP) is 2.96. The zero-order valence-electron chi connectivity index (χ0n) is 12.5. The molecule has 0 radical (unpaired) electrons. The number of rotatable bonds is 5. The van der Waals surface area contributed by atoms with Crippen LogP contribution in [0.25, 0.3) is 11.0 Å². The van der Waals surface area contributed by atoms with Crippen LogP contribution in [0.4, 0.5) is 0 Å². The van der Waals surface area contributed by atoms with E-state index in [2.05, 4.69) is 16.1 Å². The number of fused-ring (bicyclic) bond motifs is 1. The summed E-state index contributed by atoms with van der Waals surface area (Å²) in [5, 5.41) is 24.1. The van der Waals surface area contributed by atoms with E-state index in [1.165, 1.54) is 12.8 Å². The number of hydrogen-bond donors (Lipinski definition) is 2. The van der Waals surface area contributed by atoms with Crippen LogP contribution in [0.15, 0.2) is 16.7 Å². The van der Waals surface area contributed by atoms with Gasteiger partial charge in [0, 0.05) is 18.5 Å². The maximum Gasteiger partial charge on any atom is 0.176 e. The number of benzene rings is 1. The van der Waals surface area contributed by atoms with Crippen LogP contribution in [0, 0.1) is 5.92 Å². The van der Waals surface area contributed by atoms with Crippen molar-refractivity contribution in [2.24, 2.45) is 5.92 Å². The highest BCUT2D eigenvalue weighted by Crippen LogP contribution is 2.31. The lowest BCUT2D eigenvalue weighted by atomic mass is 9.92. The molecule has 1 aliphatic heterocycles. The highest BCUT2D eigenvalue weighted by atomic mass is 31.1. The Morgan fingerprint density at radius 2 is 2.14 bits per heavy atom. The number of aryl methyl sites for hydroxylation is 1. The molecule has 22 heavy (non-hydrogen) atoms. The third kappa shape index (κ3) is 3.02. The van der Waals surface area contributed by atoms with Gasteiger partial charge in [-0.05, 0) is 52.1 Å². The lowest BCUT2D eigenvalue weighted by molar-refractivity contribution is 0.273. The van der Waals surface area contributed by atoms with E-state index < -0.39 is 0 Å². The molecule has 1 aromatic heterocycles. The molecule has 1 saturated heterocycles. The summed E-state index contributed by atoms with van der Waals surface area (Å²) in [7, 11) is 1.12. The van der Waals surface area contributed by atoms with Gasteiger partial charge in [0.25, 0.3) is 0 Å². The fourth-order valence-electron chi connectivity index (χ4n) is 3.12. The van der Waals surface area contributed by atoms with E-state index in [1.807, 2.05) is 6.07 Å². The van der Waals surface area contributed by atoms with Crippen LogP contribution >= 0.6 is 8.35 Å². The van der Waals surface area contributed by atoms with Crippen LogP contribution in [0.3, 0.4) is 0 Å². The maximum absolute atomic E-state index is 9.74. The second-order valence-corrected chi connectivity index (χ2v) is 6.65. The SMILES string of the molecule is C=PN1CCC(CCc2noc3c(CO)c(O)ccc23)CC1. The minimum absolute atomic E-state index is 0.0532. The Hall–Kier alpha value is -1.42. The first-order chi connectivity index (χ1) is 10.7. The van der Waals surface area contributed by atoms with Crippen molar-refractivity contribution < 1.29 is 14.7 Å². The van der Waals surface area contributed by atoms with Gasteiger partial charge in [-0.2, -0.15) is 0 Å². The third-order valence-corrected chi connectivity index (χ3v) is 5.33. The Labute approximate surface area is 131 Å². The number of nitrogens with zero attached hydrogens (tertiary/aromatic N) is 2. The molecular weight excluding hydrogens is 299 g/mol. The van der Waals surface area contributed by atoms with Crippen LogP contribution in [0.1, 0.15) is 30.5 Å². The fourth-order valence-corrected chi connectivity index (χ4v) is 3.64. The van der Waals surface area contributed by atoms with Crippen molar-refractivity contribution >= 4 is 25.6 Å². The molecule has 0 saturated carbocycles. The van der Waals surface area contributed by atoms with Gasteiger partial charge >= 0.3 is 0 Å². The minimum Gasteiger partial charge on any atom is -0.507 e. The zero-order valence-corrected chi connectivity index (χ0v) is 13.4. The smallest absolute Gasteiger partial charge is 0.176 e. The van der Waals surface area contributed by atoms with E-state index in [1.54, 1.807) is 6.07 Å². The molecule has 0 unspecified atom stereocenters. The van der Waals surface area contributed by atoms with Crippen LogP contribution in [0.2, 0.25) is 0 Å². The number of aliphatic hydroxyl groups is 1. The van der Waals surface area contributed by atoms with Gasteiger partial charge in [0.15, 0.2) is 5.58 Å². The molecule has 0 aliphatic carbocycles. The van der Waals surface area contributed by atoms with Gasteiger partial charge in [-0.25, -0.2) is 0 Å². The Bertz CT molecular complexity index is 663. The Morgan fingerprint density at radius 1 is 1.36 bits per heavy atom. The molecule has 0 spiro atoms. The van der Waals surface area contributed by atoms with Gasteiger partial charge in [-0.3, -0.25) is 4.67 Å². The van der Waals surface area contributed by atoms with E-state index in [9.17, 15) is 10.2 Å². The predicted molar refractivity (Wildman–Crippen MR) is 88.3 cm³/mol. The van der Waals surface area contributed by atoms with E-state index in [0.717, 1.165) is 51.3 Å². The molecule has 1 aliphatic rings. The molecule has 1 aromatic carbocycles. The lowest BCUT2D eigenvalue weighted by Crippen LogP contribution is -2.26. The summed E-state index contributed by atoms with van der Waals surface area (Å²) < 4.78 is 7.70. The Balaban J connectivity index is 1.69. The summed E-state index contributed by atoms with van der Waals surface area (Å²) >= 11 is 0. The number of aliphatic hydroxyl groups excluding tert-OH is 1. The second kappa shape index (κ2) is 6.78. The molecule has 118 valence electrons. The normalized spacial score (nSPS) is 17.5. The maximum atomic E-state index is 9.74. The van der Waals surface area contributed by atoms with Crippen molar-refractivity contribution in [2.45, 2.75) is 32.3 Å². The first-order valence-electron chi connectivity index (χ1n) is 7.64. The van der Waals surface area contributed by atoms with E-state index in [-0.39, 0.29) is 12.4 Å². The van der Waals surface area contributed by atoms with Crippen molar-refractivity contribution in [2.75, 3.05) is 13.1 Å². The van der Waals surface area contributed by atoms with Crippen LogP contribution < -0.4 is 0 Å². The fraction of sp³-hybridized carbons (Fsp3) is 0.500. The topological polar surface area (TPSA) is 69.7 Å². The molecule has 0 amide bonds. The summed E-state index contributed by atoms with van der Waals surface area (Å²) in [6.45, 7) is 2.00. The van der Waals surface area contributed by atoms with Gasteiger partial charge in [0.1, 0.15) is 5.75 Å². The van der Waals surface area contributed by atoms with Crippen molar-refractivity contribution in [1.82, 2.24) is 9.83 Å². The molecule has 0 atom stereocenters. The summed E-state index contributed by atoms with van der Waals surface area (Å²) in [6.07, 6.45) is 8.30. The summed E-state index contributed by atoms with van der Waals surface area (Å²) in [5.74, 6) is 0.775. The van der Waals surface area contributed by atoms with Crippen molar-refractivity contribution in [1.29, 1.82) is 0 Å². The molecule has 6 heteroatoms. The summed E-state index contributed by atoms with van der Waals surface area (Å²) in [4.78, 5) is 0. The first kappa shape index (κ1) is 15.5. The number of piperidine rings is 1. The van der Waals surface area contributed by atoms with Gasteiger partial charge in [0.05, 0.1) is 17.9 Å². The van der Waals surface area contributed by atoms with E-state index >= 15 is 0 Å². The molecule has 0 bridgehead atoms. The van der Waals surface area contributed by atoms with Gasteiger partial charge in [0.2, 0.25) is 0 Å². The summed E-state index contributed by atoms with van der Waals surface area (Å²) in [5.41, 5.74) is 1.84. The lowest BCUT2D eigenvalue weighted by Gasteiger charge is -2.28. The zero-order chi connectivity index (χ0) is 15.5. The van der Waals surface area contributed by atoms with Gasteiger partial charge < -0.3 is 14.7 Å². The number of aromatic hydroxyl groups is 1. The van der Waals surface area contributed by atoms with Crippen molar-refractivity contribution in [3.63, 3.8) is 0 Å². The highest BCUT2D eigenvalue weighted by molar-refractivity contribution is 7.33. The largest absolute Gasteiger partial charge is 0.507 e. The second-order valence-electron chi connectivity index (χ2n) is 5.80. The molecule has 5 nitrogen and oxygen atoms in total. The van der Waals surface area contributed by atoms with Gasteiger partial charge in [-0.1, -0.05) is 11.5 Å². The minimum atomic E-state index is -0.249. The van der Waals surface area contributed by atoms with Crippen LogP contribution in [-0.4, -0.2) is 39.4 Å². The quantitative estimate of drug-likeness (QED) is 0.829. The highest BCUT2D eigenvalue weighted by Gasteiger charge is 2.20. The molecule has 2 heterocycles. The number of phenols is 1. The Morgan fingerprint density at radius 3 is 2.82 bits per heavy atom. The van der Waals surface area contributed by atoms with Crippen molar-refractivity contribution in [3.05, 3.63) is 23.4 Å². The van der Waals surface area contributed by atoms with Crippen molar-refractivity contribution in [3.8, 4) is 5.75 Å². The van der Waals surface area contributed by atoms with E-state index in [4.69, 9.17) is 4.52 Å². The average molecular weight is 320 g/mol. The number of aromatic nitrogens is 1. The summed E-state index contributed by atoms with van der Waals surface area (Å²) in [6, 6.07) is 3.42. The first-order valence-corrected chi connectivity index (χ1v) is 8.67. The molecule has 2 N–H and O–H groups in total. The average Bonchev–Trinajstić information content (AvgIpc) is 2.96. The van der Waals surface area contributed by atoms with Gasteiger partial charge in [-0.15, -0.1) is 0 Å². The Kier molecular flexibility index (Phi) is 4.77. The molecule has 1 fully saturated rings. The molecular formula is C16H21N2O3P. The van der Waals surface area contributed by atoms with Crippen LogP contribution in [0.5, 0.6) is 5.75 Å². The van der Waals surface area contributed by atoms with E-state index in [0.29, 0.717) is 11.1 Å². The van der Waals surface area contributed by atoms with Crippen LogP contribution in [-0.2, 0) is 13.0 Å². The third-order valence-electron chi connectivity index (χ3n) is 4.53. The monoisotopic (exact) mass is 320 g/mol. The molecule has 2 aromatic rings. The standard InChI is InChI=1S/C16H21N2O3P/c1-22-18-8-6-11(7-9-18)2-4-14-12-3-5-15(20)13(10-19)16(12)21-17-14/h3,5,11,19-20H,1-2,4,6-10H2. The number of hydrogen-bond acceptors (Lipinski definition) is 5. The molecule has 3 rings (SSSR count).